The molecule has 1 N–H and O–H groups in total. The molecule has 8 heteroatoms. The second-order valence-electron chi connectivity index (χ2n) is 9.43. The van der Waals surface area contributed by atoms with Crippen molar-refractivity contribution in [1.82, 2.24) is 5.32 Å². The first kappa shape index (κ1) is 23.2. The Balaban J connectivity index is 1.55. The predicted octanol–water partition coefficient (Wildman–Crippen LogP) is 3.63. The van der Waals surface area contributed by atoms with Gasteiger partial charge in [-0.05, 0) is 42.7 Å². The minimum Gasteiger partial charge on any atom is -0.464 e. The number of carbonyl (C=O) groups excluding carboxylic acids is 3. The van der Waals surface area contributed by atoms with Crippen molar-refractivity contribution in [1.29, 1.82) is 0 Å². The van der Waals surface area contributed by atoms with Crippen LogP contribution in [0.3, 0.4) is 0 Å². The normalized spacial score (nSPS) is 25.9. The lowest BCUT2D eigenvalue weighted by Gasteiger charge is -2.33. The molecule has 6 rings (SSSR count). The smallest absolute Gasteiger partial charge is 0.331 e. The van der Waals surface area contributed by atoms with Crippen molar-refractivity contribution in [3.05, 3.63) is 89.5 Å². The van der Waals surface area contributed by atoms with Gasteiger partial charge in [-0.3, -0.25) is 14.9 Å². The molecular formula is C29H26N2O6. The topological polar surface area (TPSA) is 94.2 Å². The Morgan fingerprint density at radius 3 is 2.49 bits per heavy atom. The van der Waals surface area contributed by atoms with Gasteiger partial charge in [0.25, 0.3) is 0 Å². The summed E-state index contributed by atoms with van der Waals surface area (Å²) in [7, 11) is 0. The van der Waals surface area contributed by atoms with Crippen molar-refractivity contribution in [2.75, 3.05) is 18.3 Å². The number of ether oxygens (including phenoxy) is 3. The first-order chi connectivity index (χ1) is 18.0. The molecule has 0 aliphatic carbocycles. The molecule has 0 saturated carbocycles. The SMILES string of the molecule is CCOC(=O)[C@@]1(c2ccccc2)N[C@@H](c2ccccc2C)[C@H]2C(=O)N(c3ccc4c(c3)OCO4)C(=O)[C@H]21. The Kier molecular flexibility index (Phi) is 5.49. The van der Waals surface area contributed by atoms with Crippen LogP contribution in [0, 0.1) is 18.8 Å². The van der Waals surface area contributed by atoms with Crippen LogP contribution in [0.1, 0.15) is 29.7 Å². The van der Waals surface area contributed by atoms with E-state index in [1.54, 1.807) is 37.3 Å². The highest BCUT2D eigenvalue weighted by atomic mass is 16.7. The number of anilines is 1. The highest BCUT2D eigenvalue weighted by molar-refractivity contribution is 6.24. The van der Waals surface area contributed by atoms with Crippen LogP contribution in [-0.2, 0) is 24.7 Å². The summed E-state index contributed by atoms with van der Waals surface area (Å²) in [5.41, 5.74) is 1.21. The third-order valence-corrected chi connectivity index (χ3v) is 7.52. The second kappa shape index (κ2) is 8.74. The number of rotatable bonds is 5. The molecule has 0 unspecified atom stereocenters. The largest absolute Gasteiger partial charge is 0.464 e. The highest BCUT2D eigenvalue weighted by Crippen LogP contribution is 2.54. The Morgan fingerprint density at radius 2 is 1.73 bits per heavy atom. The van der Waals surface area contributed by atoms with Crippen LogP contribution in [0.25, 0.3) is 0 Å². The maximum atomic E-state index is 14.2. The van der Waals surface area contributed by atoms with E-state index in [0.29, 0.717) is 22.7 Å². The standard InChI is InChI=1S/C29H26N2O6/c1-3-35-28(34)29(18-10-5-4-6-11-18)24-23(25(30-29)20-12-8-7-9-17(20)2)26(32)31(27(24)33)19-13-14-21-22(15-19)37-16-36-21/h4-15,23-25,30H,3,16H2,1-2H3/t23-,24-,25-,29-/m0/s1. The number of carbonyl (C=O) groups is 3. The zero-order valence-electron chi connectivity index (χ0n) is 20.5. The van der Waals surface area contributed by atoms with Crippen molar-refractivity contribution in [3.63, 3.8) is 0 Å². The van der Waals surface area contributed by atoms with Crippen LogP contribution in [0.4, 0.5) is 5.69 Å². The van der Waals surface area contributed by atoms with Gasteiger partial charge >= 0.3 is 5.97 Å². The summed E-state index contributed by atoms with van der Waals surface area (Å²) in [4.78, 5) is 43.4. The summed E-state index contributed by atoms with van der Waals surface area (Å²) in [6, 6.07) is 21.1. The fraction of sp³-hybridized carbons (Fsp3) is 0.276. The van der Waals surface area contributed by atoms with Gasteiger partial charge in [-0.1, -0.05) is 54.6 Å². The average molecular weight is 499 g/mol. The monoisotopic (exact) mass is 498 g/mol. The Hall–Kier alpha value is -4.17. The van der Waals surface area contributed by atoms with Gasteiger partial charge in [0, 0.05) is 12.1 Å². The third-order valence-electron chi connectivity index (χ3n) is 7.52. The van der Waals surface area contributed by atoms with Crippen LogP contribution in [0.5, 0.6) is 11.5 Å². The van der Waals surface area contributed by atoms with Crippen molar-refractivity contribution < 1.29 is 28.6 Å². The molecule has 0 spiro atoms. The minimum absolute atomic E-state index is 0.0746. The van der Waals surface area contributed by atoms with E-state index in [-0.39, 0.29) is 19.3 Å². The number of nitrogens with one attached hydrogen (secondary N) is 1. The number of esters is 1. The minimum atomic E-state index is -1.55. The lowest BCUT2D eigenvalue weighted by molar-refractivity contribution is -0.155. The van der Waals surface area contributed by atoms with Gasteiger partial charge in [-0.15, -0.1) is 0 Å². The van der Waals surface area contributed by atoms with E-state index >= 15 is 0 Å². The first-order valence-corrected chi connectivity index (χ1v) is 12.3. The summed E-state index contributed by atoms with van der Waals surface area (Å²) in [5, 5.41) is 3.45. The molecule has 3 aromatic carbocycles. The zero-order valence-corrected chi connectivity index (χ0v) is 20.5. The third kappa shape index (κ3) is 3.36. The molecule has 2 saturated heterocycles. The molecular weight excluding hydrogens is 472 g/mol. The van der Waals surface area contributed by atoms with Gasteiger partial charge in [-0.2, -0.15) is 0 Å². The van der Waals surface area contributed by atoms with E-state index in [1.807, 2.05) is 49.4 Å². The molecule has 3 aliphatic rings. The van der Waals surface area contributed by atoms with Gasteiger partial charge in [0.2, 0.25) is 18.6 Å². The second-order valence-corrected chi connectivity index (χ2v) is 9.43. The number of hydrogen-bond acceptors (Lipinski definition) is 7. The Labute approximate surface area is 214 Å². The van der Waals surface area contributed by atoms with E-state index in [9.17, 15) is 14.4 Å². The van der Waals surface area contributed by atoms with E-state index in [4.69, 9.17) is 14.2 Å². The van der Waals surface area contributed by atoms with Crippen molar-refractivity contribution in [2.45, 2.75) is 25.4 Å². The van der Waals surface area contributed by atoms with Gasteiger partial charge in [-0.25, -0.2) is 9.69 Å². The maximum absolute atomic E-state index is 14.2. The molecule has 3 heterocycles. The quantitative estimate of drug-likeness (QED) is 0.424. The molecule has 8 nitrogen and oxygen atoms in total. The number of hydrogen-bond donors (Lipinski definition) is 1. The van der Waals surface area contributed by atoms with Crippen molar-refractivity contribution in [3.8, 4) is 11.5 Å². The predicted molar refractivity (Wildman–Crippen MR) is 134 cm³/mol. The van der Waals surface area contributed by atoms with Gasteiger partial charge in [0.15, 0.2) is 17.0 Å². The molecule has 188 valence electrons. The fourth-order valence-electron chi connectivity index (χ4n) is 5.91. The molecule has 0 radical (unpaired) electrons. The summed E-state index contributed by atoms with van der Waals surface area (Å²) in [5.74, 6) is -2.26. The van der Waals surface area contributed by atoms with Gasteiger partial charge in [0.1, 0.15) is 0 Å². The molecule has 37 heavy (non-hydrogen) atoms. The van der Waals surface area contributed by atoms with E-state index in [2.05, 4.69) is 5.32 Å². The van der Waals surface area contributed by atoms with Crippen molar-refractivity contribution >= 4 is 23.5 Å². The molecule has 2 amide bonds. The number of nitrogens with zero attached hydrogens (tertiary/aromatic N) is 1. The first-order valence-electron chi connectivity index (χ1n) is 12.3. The average Bonchev–Trinajstić information content (AvgIpc) is 3.59. The van der Waals surface area contributed by atoms with Gasteiger partial charge < -0.3 is 14.2 Å². The van der Waals surface area contributed by atoms with E-state index < -0.39 is 35.3 Å². The number of amides is 2. The van der Waals surface area contributed by atoms with Crippen LogP contribution in [0.2, 0.25) is 0 Å². The molecule has 4 atom stereocenters. The molecule has 0 aromatic heterocycles. The Bertz CT molecular complexity index is 1410. The highest BCUT2D eigenvalue weighted by Gasteiger charge is 2.70. The summed E-state index contributed by atoms with van der Waals surface area (Å²) in [6.45, 7) is 3.89. The molecule has 3 aromatic rings. The zero-order chi connectivity index (χ0) is 25.7. The summed E-state index contributed by atoms with van der Waals surface area (Å²) >= 11 is 0. The van der Waals surface area contributed by atoms with Crippen LogP contribution >= 0.6 is 0 Å². The van der Waals surface area contributed by atoms with Gasteiger partial charge in [0.05, 0.1) is 24.1 Å². The number of fused-ring (bicyclic) bond motifs is 2. The Morgan fingerprint density at radius 1 is 1.00 bits per heavy atom. The van der Waals surface area contributed by atoms with Crippen molar-refractivity contribution in [2.24, 2.45) is 11.8 Å². The molecule has 0 bridgehead atoms. The van der Waals surface area contributed by atoms with E-state index in [0.717, 1.165) is 11.1 Å². The molecule has 2 fully saturated rings. The summed E-state index contributed by atoms with van der Waals surface area (Å²) in [6.07, 6.45) is 0. The molecule has 3 aliphatic heterocycles. The number of benzene rings is 3. The van der Waals surface area contributed by atoms with E-state index in [1.165, 1.54) is 4.90 Å². The lowest BCUT2D eigenvalue weighted by Crippen LogP contribution is -2.54. The fourth-order valence-corrected chi connectivity index (χ4v) is 5.91. The number of aryl methyl sites for hydroxylation is 1. The maximum Gasteiger partial charge on any atom is 0.331 e. The van der Waals surface area contributed by atoms with Crippen LogP contribution in [0.15, 0.2) is 72.8 Å². The van der Waals surface area contributed by atoms with Crippen LogP contribution < -0.4 is 19.7 Å². The van der Waals surface area contributed by atoms with Crippen LogP contribution in [-0.4, -0.2) is 31.2 Å². The lowest BCUT2D eigenvalue weighted by atomic mass is 9.75. The summed E-state index contributed by atoms with van der Waals surface area (Å²) < 4.78 is 16.5. The number of imide groups is 1.